The minimum absolute atomic E-state index is 0.222. The molecule has 0 radical (unpaired) electrons. The molecular weight excluding hydrogens is 236 g/mol. The number of benzene rings is 1. The van der Waals surface area contributed by atoms with E-state index in [-0.39, 0.29) is 12.1 Å². The number of epoxide rings is 1. The smallest absolute Gasteiger partial charge is 0.338 e. The van der Waals surface area contributed by atoms with Gasteiger partial charge < -0.3 is 18.9 Å². The highest BCUT2D eigenvalue weighted by atomic mass is 16.6. The van der Waals surface area contributed by atoms with Gasteiger partial charge in [0.2, 0.25) is 0 Å². The molecule has 5 heteroatoms. The third-order valence-electron chi connectivity index (χ3n) is 2.91. The van der Waals surface area contributed by atoms with Gasteiger partial charge in [-0.15, -0.1) is 0 Å². The van der Waals surface area contributed by atoms with E-state index >= 15 is 0 Å². The Kier molecular flexibility index (Phi) is 2.83. The average molecular weight is 250 g/mol. The fourth-order valence-corrected chi connectivity index (χ4v) is 2.01. The second-order valence-corrected chi connectivity index (χ2v) is 4.13. The first-order chi connectivity index (χ1) is 8.79. The highest BCUT2D eigenvalue weighted by Crippen LogP contribution is 2.42. The zero-order valence-corrected chi connectivity index (χ0v) is 10.0. The number of fused-ring (bicyclic) bond motifs is 1. The van der Waals surface area contributed by atoms with Crippen molar-refractivity contribution in [1.29, 1.82) is 0 Å². The molecule has 0 saturated carbocycles. The SMILES string of the molecule is CCOC(=O)C1OC1c1ccc2c(c1)OCCO2. The monoisotopic (exact) mass is 250 g/mol. The molecule has 1 aromatic carbocycles. The van der Waals surface area contributed by atoms with E-state index in [0.717, 1.165) is 11.3 Å². The summed E-state index contributed by atoms with van der Waals surface area (Å²) in [4.78, 5) is 11.5. The van der Waals surface area contributed by atoms with Crippen molar-refractivity contribution in [1.82, 2.24) is 0 Å². The first-order valence-electron chi connectivity index (χ1n) is 6.01. The third-order valence-corrected chi connectivity index (χ3v) is 2.91. The van der Waals surface area contributed by atoms with Gasteiger partial charge >= 0.3 is 5.97 Å². The van der Waals surface area contributed by atoms with Crippen molar-refractivity contribution in [3.8, 4) is 11.5 Å². The molecule has 96 valence electrons. The van der Waals surface area contributed by atoms with Crippen LogP contribution in [-0.4, -0.2) is 31.9 Å². The molecule has 3 rings (SSSR count). The van der Waals surface area contributed by atoms with Crippen LogP contribution in [-0.2, 0) is 14.3 Å². The van der Waals surface area contributed by atoms with Crippen molar-refractivity contribution in [2.24, 2.45) is 0 Å². The number of esters is 1. The molecule has 18 heavy (non-hydrogen) atoms. The van der Waals surface area contributed by atoms with E-state index in [0.29, 0.717) is 25.6 Å². The lowest BCUT2D eigenvalue weighted by molar-refractivity contribution is -0.144. The van der Waals surface area contributed by atoms with Crippen molar-refractivity contribution < 1.29 is 23.7 Å². The fraction of sp³-hybridized carbons (Fsp3) is 0.462. The molecule has 0 bridgehead atoms. The van der Waals surface area contributed by atoms with E-state index in [9.17, 15) is 4.79 Å². The highest BCUT2D eigenvalue weighted by Gasteiger charge is 2.47. The largest absolute Gasteiger partial charge is 0.486 e. The van der Waals surface area contributed by atoms with Crippen LogP contribution in [0.1, 0.15) is 18.6 Å². The minimum Gasteiger partial charge on any atom is -0.486 e. The summed E-state index contributed by atoms with van der Waals surface area (Å²) in [6.45, 7) is 3.26. The summed E-state index contributed by atoms with van der Waals surface area (Å²) >= 11 is 0. The van der Waals surface area contributed by atoms with Crippen LogP contribution in [0.5, 0.6) is 11.5 Å². The lowest BCUT2D eigenvalue weighted by Gasteiger charge is -2.18. The molecule has 1 fully saturated rings. The van der Waals surface area contributed by atoms with Gasteiger partial charge in [-0.05, 0) is 24.6 Å². The van der Waals surface area contributed by atoms with Gasteiger partial charge in [-0.25, -0.2) is 4.79 Å². The van der Waals surface area contributed by atoms with E-state index < -0.39 is 6.10 Å². The van der Waals surface area contributed by atoms with Gasteiger partial charge in [0.1, 0.15) is 19.3 Å². The second kappa shape index (κ2) is 4.49. The molecule has 2 unspecified atom stereocenters. The Labute approximate surface area is 105 Å². The van der Waals surface area contributed by atoms with Gasteiger partial charge in [0.25, 0.3) is 0 Å². The Bertz CT molecular complexity index is 470. The molecule has 0 spiro atoms. The maximum absolute atomic E-state index is 11.5. The predicted octanol–water partition coefficient (Wildman–Crippen LogP) is 1.46. The first-order valence-corrected chi connectivity index (χ1v) is 6.01. The van der Waals surface area contributed by atoms with Crippen LogP contribution in [0.4, 0.5) is 0 Å². The third kappa shape index (κ3) is 2.01. The van der Waals surface area contributed by atoms with Crippen LogP contribution in [0, 0.1) is 0 Å². The van der Waals surface area contributed by atoms with E-state index in [1.807, 2.05) is 18.2 Å². The Morgan fingerprint density at radius 2 is 2.11 bits per heavy atom. The van der Waals surface area contributed by atoms with Gasteiger partial charge in [-0.1, -0.05) is 6.07 Å². The highest BCUT2D eigenvalue weighted by molar-refractivity contribution is 5.78. The van der Waals surface area contributed by atoms with Gasteiger partial charge in [0.05, 0.1) is 6.61 Å². The molecule has 2 heterocycles. The maximum Gasteiger partial charge on any atom is 0.338 e. The van der Waals surface area contributed by atoms with Crippen LogP contribution in [0.3, 0.4) is 0 Å². The Hall–Kier alpha value is -1.75. The second-order valence-electron chi connectivity index (χ2n) is 4.13. The van der Waals surface area contributed by atoms with Crippen molar-refractivity contribution >= 4 is 5.97 Å². The molecule has 0 aliphatic carbocycles. The van der Waals surface area contributed by atoms with Crippen molar-refractivity contribution in [2.75, 3.05) is 19.8 Å². The molecule has 2 aliphatic heterocycles. The van der Waals surface area contributed by atoms with Crippen molar-refractivity contribution in [2.45, 2.75) is 19.1 Å². The summed E-state index contributed by atoms with van der Waals surface area (Å²) in [6, 6.07) is 5.59. The summed E-state index contributed by atoms with van der Waals surface area (Å²) in [6.07, 6.45) is -0.701. The van der Waals surface area contributed by atoms with Crippen molar-refractivity contribution in [3.05, 3.63) is 23.8 Å². The zero-order valence-electron chi connectivity index (χ0n) is 10.0. The Balaban J connectivity index is 1.73. The predicted molar refractivity (Wildman–Crippen MR) is 61.7 cm³/mol. The van der Waals surface area contributed by atoms with E-state index in [1.165, 1.54) is 0 Å². The van der Waals surface area contributed by atoms with Crippen LogP contribution in [0.2, 0.25) is 0 Å². The molecule has 0 amide bonds. The lowest BCUT2D eigenvalue weighted by atomic mass is 10.1. The van der Waals surface area contributed by atoms with Crippen molar-refractivity contribution in [3.63, 3.8) is 0 Å². The average Bonchev–Trinajstić information content (AvgIpc) is 3.19. The molecule has 1 saturated heterocycles. The molecular formula is C13H14O5. The van der Waals surface area contributed by atoms with E-state index in [1.54, 1.807) is 6.92 Å². The van der Waals surface area contributed by atoms with Crippen LogP contribution >= 0.6 is 0 Å². The number of hydrogen-bond acceptors (Lipinski definition) is 5. The molecule has 1 aromatic rings. The topological polar surface area (TPSA) is 57.3 Å². The number of carbonyl (C=O) groups is 1. The van der Waals surface area contributed by atoms with Gasteiger partial charge in [-0.3, -0.25) is 0 Å². The van der Waals surface area contributed by atoms with Crippen LogP contribution in [0.15, 0.2) is 18.2 Å². The molecule has 0 N–H and O–H groups in total. The molecule has 2 aliphatic rings. The summed E-state index contributed by atoms with van der Waals surface area (Å²) in [5, 5.41) is 0. The van der Waals surface area contributed by atoms with Crippen LogP contribution < -0.4 is 9.47 Å². The Morgan fingerprint density at radius 3 is 2.89 bits per heavy atom. The van der Waals surface area contributed by atoms with Gasteiger partial charge in [0, 0.05) is 0 Å². The standard InChI is InChI=1S/C13H14O5/c1-2-15-13(14)12-11(18-12)8-3-4-9-10(7-8)17-6-5-16-9/h3-4,7,11-12H,2,5-6H2,1H3. The Morgan fingerprint density at radius 1 is 1.33 bits per heavy atom. The minimum atomic E-state index is -0.479. The molecule has 5 nitrogen and oxygen atoms in total. The maximum atomic E-state index is 11.5. The van der Waals surface area contributed by atoms with Gasteiger partial charge in [-0.2, -0.15) is 0 Å². The first kappa shape index (κ1) is 11.3. The summed E-state index contributed by atoms with van der Waals surface area (Å²) in [7, 11) is 0. The number of rotatable bonds is 3. The summed E-state index contributed by atoms with van der Waals surface area (Å²) in [5.74, 6) is 1.13. The molecule has 0 aromatic heterocycles. The lowest BCUT2D eigenvalue weighted by Crippen LogP contribution is -2.15. The van der Waals surface area contributed by atoms with Crippen LogP contribution in [0.25, 0.3) is 0 Å². The quantitative estimate of drug-likeness (QED) is 0.600. The number of hydrogen-bond donors (Lipinski definition) is 0. The summed E-state index contributed by atoms with van der Waals surface area (Å²) < 4.78 is 21.2. The van der Waals surface area contributed by atoms with Gasteiger partial charge in [0.15, 0.2) is 17.6 Å². The summed E-state index contributed by atoms with van der Waals surface area (Å²) in [5.41, 5.74) is 0.914. The molecule has 2 atom stereocenters. The van der Waals surface area contributed by atoms with E-state index in [2.05, 4.69) is 0 Å². The number of carbonyl (C=O) groups excluding carboxylic acids is 1. The van der Waals surface area contributed by atoms with E-state index in [4.69, 9.17) is 18.9 Å². The zero-order chi connectivity index (χ0) is 12.5. The number of ether oxygens (including phenoxy) is 4. The normalized spacial score (nSPS) is 24.5. The fourth-order valence-electron chi connectivity index (χ4n) is 2.01.